The Morgan fingerprint density at radius 3 is 2.29 bits per heavy atom. The average Bonchev–Trinajstić information content (AvgIpc) is 3.26. The highest BCUT2D eigenvalue weighted by molar-refractivity contribution is 5.94. The van der Waals surface area contributed by atoms with E-state index in [-0.39, 0.29) is 44.2 Å². The van der Waals surface area contributed by atoms with Crippen LogP contribution in [-0.2, 0) is 24.0 Å². The number of hydrogen-bond acceptors (Lipinski definition) is 7. The topological polar surface area (TPSA) is 249 Å². The van der Waals surface area contributed by atoms with Crippen LogP contribution in [0.25, 0.3) is 0 Å². The van der Waals surface area contributed by atoms with Gasteiger partial charge in [-0.05, 0) is 38.0 Å². The molecule has 0 bridgehead atoms. The fourth-order valence-electron chi connectivity index (χ4n) is 3.73. The summed E-state index contributed by atoms with van der Waals surface area (Å²) in [5.41, 5.74) is 21.6. The van der Waals surface area contributed by atoms with Gasteiger partial charge < -0.3 is 43.6 Å². The molecule has 1 aliphatic heterocycles. The molecule has 0 aliphatic carbocycles. The standard InChI is InChI=1S/C21H38N8O6/c1-11(2)16(20(34)35)28-18(32)14-6-4-10-29(14)19(33)13(5-3-9-26-21(24)25)27-17(31)12(22)7-8-15(23)30/h11-14,16H,3-10,22H2,1-2H3,(H2,23,30)(H,27,31)(H,28,32)(H,34,35)(H4,24,25,26). The third-order valence-corrected chi connectivity index (χ3v) is 5.67. The lowest BCUT2D eigenvalue weighted by molar-refractivity contribution is -0.145. The molecule has 14 heteroatoms. The van der Waals surface area contributed by atoms with Crippen LogP contribution in [0.3, 0.4) is 0 Å². The average molecular weight is 499 g/mol. The number of guanidine groups is 1. The minimum absolute atomic E-state index is 0.0105. The van der Waals surface area contributed by atoms with Crippen LogP contribution in [-0.4, -0.2) is 82.8 Å². The van der Waals surface area contributed by atoms with Gasteiger partial charge in [0, 0.05) is 19.5 Å². The fourth-order valence-corrected chi connectivity index (χ4v) is 3.73. The number of aliphatic imine (C=N–C) groups is 1. The number of amides is 4. The van der Waals surface area contributed by atoms with E-state index in [2.05, 4.69) is 15.6 Å². The Morgan fingerprint density at radius 2 is 1.74 bits per heavy atom. The minimum atomic E-state index is -1.17. The molecular weight excluding hydrogens is 460 g/mol. The van der Waals surface area contributed by atoms with Crippen molar-refractivity contribution in [1.82, 2.24) is 15.5 Å². The Kier molecular flexibility index (Phi) is 11.9. The van der Waals surface area contributed by atoms with Gasteiger partial charge in [-0.1, -0.05) is 13.8 Å². The number of primary amides is 1. The van der Waals surface area contributed by atoms with E-state index in [0.717, 1.165) is 0 Å². The van der Waals surface area contributed by atoms with Gasteiger partial charge in [-0.3, -0.25) is 24.2 Å². The van der Waals surface area contributed by atoms with Gasteiger partial charge in [-0.2, -0.15) is 0 Å². The molecule has 1 aliphatic rings. The van der Waals surface area contributed by atoms with Crippen molar-refractivity contribution in [3.05, 3.63) is 0 Å². The number of hydrogen-bond donors (Lipinski definition) is 7. The maximum Gasteiger partial charge on any atom is 0.326 e. The largest absolute Gasteiger partial charge is 0.480 e. The predicted octanol–water partition coefficient (Wildman–Crippen LogP) is -2.67. The number of nitrogens with zero attached hydrogens (tertiary/aromatic N) is 2. The van der Waals surface area contributed by atoms with Crippen molar-refractivity contribution in [3.8, 4) is 0 Å². The molecule has 1 heterocycles. The third-order valence-electron chi connectivity index (χ3n) is 5.67. The molecule has 0 spiro atoms. The quantitative estimate of drug-likeness (QED) is 0.0748. The summed E-state index contributed by atoms with van der Waals surface area (Å²) in [5.74, 6) is -3.95. The Hall–Kier alpha value is -3.42. The lowest BCUT2D eigenvalue weighted by Gasteiger charge is -2.30. The smallest absolute Gasteiger partial charge is 0.326 e. The van der Waals surface area contributed by atoms with Crippen molar-refractivity contribution in [2.45, 2.75) is 76.5 Å². The van der Waals surface area contributed by atoms with Crippen LogP contribution in [0.2, 0.25) is 0 Å². The van der Waals surface area contributed by atoms with Gasteiger partial charge in [0.05, 0.1) is 6.04 Å². The van der Waals surface area contributed by atoms with Gasteiger partial charge in [0.25, 0.3) is 0 Å². The lowest BCUT2D eigenvalue weighted by atomic mass is 10.0. The first-order valence-corrected chi connectivity index (χ1v) is 11.6. The second kappa shape index (κ2) is 14.1. The zero-order valence-corrected chi connectivity index (χ0v) is 20.2. The first-order chi connectivity index (χ1) is 16.3. The summed E-state index contributed by atoms with van der Waals surface area (Å²) in [6, 6.07) is -4.05. The van der Waals surface area contributed by atoms with Gasteiger partial charge in [0.1, 0.15) is 18.1 Å². The summed E-state index contributed by atoms with van der Waals surface area (Å²) in [5, 5.41) is 14.5. The van der Waals surface area contributed by atoms with Crippen molar-refractivity contribution in [2.75, 3.05) is 13.1 Å². The van der Waals surface area contributed by atoms with Crippen molar-refractivity contribution in [2.24, 2.45) is 33.8 Å². The summed E-state index contributed by atoms with van der Waals surface area (Å²) in [7, 11) is 0. The van der Waals surface area contributed by atoms with Crippen LogP contribution in [0.4, 0.5) is 0 Å². The predicted molar refractivity (Wildman–Crippen MR) is 127 cm³/mol. The van der Waals surface area contributed by atoms with Gasteiger partial charge in [-0.15, -0.1) is 0 Å². The maximum absolute atomic E-state index is 13.4. The molecule has 0 radical (unpaired) electrons. The number of aliphatic carboxylic acids is 1. The molecule has 4 atom stereocenters. The second-order valence-corrected chi connectivity index (χ2v) is 8.88. The third kappa shape index (κ3) is 9.76. The number of carboxylic acid groups (broad SMARTS) is 1. The van der Waals surface area contributed by atoms with E-state index in [0.29, 0.717) is 19.3 Å². The number of carbonyl (C=O) groups excluding carboxylic acids is 4. The first-order valence-electron chi connectivity index (χ1n) is 11.6. The Morgan fingerprint density at radius 1 is 1.09 bits per heavy atom. The highest BCUT2D eigenvalue weighted by Gasteiger charge is 2.39. The lowest BCUT2D eigenvalue weighted by Crippen LogP contribution is -2.57. The zero-order chi connectivity index (χ0) is 26.7. The Labute approximate surface area is 204 Å². The molecule has 35 heavy (non-hydrogen) atoms. The molecule has 0 aromatic rings. The molecule has 4 amide bonds. The minimum Gasteiger partial charge on any atom is -0.480 e. The summed E-state index contributed by atoms with van der Waals surface area (Å²) in [6.07, 6.45) is 1.33. The Bertz CT molecular complexity index is 814. The molecule has 0 aromatic carbocycles. The van der Waals surface area contributed by atoms with Crippen LogP contribution >= 0.6 is 0 Å². The number of likely N-dealkylation sites (tertiary alicyclic amines) is 1. The highest BCUT2D eigenvalue weighted by Crippen LogP contribution is 2.20. The van der Waals surface area contributed by atoms with Gasteiger partial charge in [-0.25, -0.2) is 4.79 Å². The number of nitrogens with one attached hydrogen (secondary N) is 2. The zero-order valence-electron chi connectivity index (χ0n) is 20.2. The summed E-state index contributed by atoms with van der Waals surface area (Å²) >= 11 is 0. The van der Waals surface area contributed by atoms with Gasteiger partial charge >= 0.3 is 5.97 Å². The SMILES string of the molecule is CC(C)C(NC(=O)C1CCCN1C(=O)C(CCCN=C(N)N)NC(=O)C(N)CCC(N)=O)C(=O)O. The van der Waals surface area contributed by atoms with Gasteiger partial charge in [0.2, 0.25) is 23.6 Å². The van der Waals surface area contributed by atoms with Crippen LogP contribution in [0.1, 0.15) is 52.4 Å². The van der Waals surface area contributed by atoms with Crippen LogP contribution in [0.15, 0.2) is 4.99 Å². The van der Waals surface area contributed by atoms with E-state index in [1.165, 1.54) is 4.90 Å². The highest BCUT2D eigenvalue weighted by atomic mass is 16.4. The van der Waals surface area contributed by atoms with Crippen molar-refractivity contribution in [3.63, 3.8) is 0 Å². The molecule has 4 unspecified atom stereocenters. The monoisotopic (exact) mass is 498 g/mol. The van der Waals surface area contributed by atoms with Gasteiger partial charge in [0.15, 0.2) is 5.96 Å². The van der Waals surface area contributed by atoms with Crippen LogP contribution in [0, 0.1) is 5.92 Å². The normalized spacial score (nSPS) is 17.8. The summed E-state index contributed by atoms with van der Waals surface area (Å²) in [4.78, 5) is 66.5. The van der Waals surface area contributed by atoms with E-state index >= 15 is 0 Å². The first kappa shape index (κ1) is 29.6. The summed E-state index contributed by atoms with van der Waals surface area (Å²) < 4.78 is 0. The number of carbonyl (C=O) groups is 5. The molecule has 198 valence electrons. The van der Waals surface area contributed by atoms with Crippen molar-refractivity contribution in [1.29, 1.82) is 0 Å². The Balaban J connectivity index is 2.98. The van der Waals surface area contributed by atoms with E-state index in [9.17, 15) is 29.1 Å². The molecule has 0 saturated carbocycles. The second-order valence-electron chi connectivity index (χ2n) is 8.88. The van der Waals surface area contributed by atoms with Crippen LogP contribution in [0.5, 0.6) is 0 Å². The van der Waals surface area contributed by atoms with E-state index in [1.54, 1.807) is 13.8 Å². The molecular formula is C21H38N8O6. The van der Waals surface area contributed by atoms with Crippen molar-refractivity contribution < 1.29 is 29.1 Å². The molecule has 11 N–H and O–H groups in total. The molecule has 1 saturated heterocycles. The molecule has 14 nitrogen and oxygen atoms in total. The molecule has 1 fully saturated rings. The fraction of sp³-hybridized carbons (Fsp3) is 0.714. The van der Waals surface area contributed by atoms with E-state index in [4.69, 9.17) is 22.9 Å². The maximum atomic E-state index is 13.4. The van der Waals surface area contributed by atoms with E-state index in [1.807, 2.05) is 0 Å². The molecule has 0 aromatic heterocycles. The van der Waals surface area contributed by atoms with Crippen LogP contribution < -0.4 is 33.6 Å². The number of carboxylic acids is 1. The number of rotatable bonds is 14. The molecule has 1 rings (SSSR count). The van der Waals surface area contributed by atoms with Crippen molar-refractivity contribution >= 4 is 35.6 Å². The van der Waals surface area contributed by atoms with E-state index < -0.39 is 53.8 Å². The summed E-state index contributed by atoms with van der Waals surface area (Å²) in [6.45, 7) is 3.82. The number of nitrogens with two attached hydrogens (primary N) is 4.